The van der Waals surface area contributed by atoms with Gasteiger partial charge in [0.2, 0.25) is 0 Å². The molecule has 0 amide bonds. The Morgan fingerprint density at radius 2 is 1.94 bits per heavy atom. The molecule has 1 unspecified atom stereocenters. The fourth-order valence-electron chi connectivity index (χ4n) is 1.88. The summed E-state index contributed by atoms with van der Waals surface area (Å²) < 4.78 is 5.23. The fraction of sp³-hybridized carbons (Fsp3) is 0.786. The zero-order valence-electron chi connectivity index (χ0n) is 11.8. The molecule has 1 atom stereocenters. The van der Waals surface area contributed by atoms with Crippen LogP contribution in [0.15, 0.2) is 12.2 Å². The van der Waals surface area contributed by atoms with Crippen molar-refractivity contribution < 1.29 is 9.53 Å². The fourth-order valence-corrected chi connectivity index (χ4v) is 1.88. The van der Waals surface area contributed by atoms with Crippen LogP contribution >= 0.6 is 0 Å². The summed E-state index contributed by atoms with van der Waals surface area (Å²) in [5.41, 5.74) is 0.463. The van der Waals surface area contributed by atoms with E-state index in [9.17, 15) is 4.79 Å². The predicted octanol–water partition coefficient (Wildman–Crippen LogP) is 3.35. The molecule has 0 fully saturated rings. The average Bonchev–Trinajstić information content (AvgIpc) is 2.31. The van der Waals surface area contributed by atoms with Gasteiger partial charge in [-0.05, 0) is 26.2 Å². The third kappa shape index (κ3) is 6.47. The van der Waals surface area contributed by atoms with E-state index in [4.69, 9.17) is 4.74 Å². The minimum absolute atomic E-state index is 0.294. The van der Waals surface area contributed by atoms with E-state index in [1.165, 1.54) is 0 Å². The SMILES string of the molecule is C=C(C)C(=O)OCN(CCC)C(CC)CCC. The number of carbonyl (C=O) groups excluding carboxylic acids is 1. The third-order valence-electron chi connectivity index (χ3n) is 2.83. The number of esters is 1. The molecule has 0 aromatic rings. The summed E-state index contributed by atoms with van der Waals surface area (Å²) in [7, 11) is 0. The molecule has 3 nitrogen and oxygen atoms in total. The maximum atomic E-state index is 11.4. The van der Waals surface area contributed by atoms with Gasteiger partial charge in [0.1, 0.15) is 6.73 Å². The lowest BCUT2D eigenvalue weighted by atomic mass is 10.1. The van der Waals surface area contributed by atoms with Gasteiger partial charge in [-0.1, -0.05) is 33.8 Å². The van der Waals surface area contributed by atoms with Crippen molar-refractivity contribution in [2.45, 2.75) is 59.4 Å². The highest BCUT2D eigenvalue weighted by atomic mass is 16.5. The highest BCUT2D eigenvalue weighted by Crippen LogP contribution is 2.12. The zero-order valence-corrected chi connectivity index (χ0v) is 11.8. The van der Waals surface area contributed by atoms with Crippen molar-refractivity contribution in [2.24, 2.45) is 0 Å². The van der Waals surface area contributed by atoms with Crippen LogP contribution in [0.1, 0.15) is 53.4 Å². The minimum Gasteiger partial charge on any atom is -0.446 e. The van der Waals surface area contributed by atoms with Crippen LogP contribution in [0.3, 0.4) is 0 Å². The number of nitrogens with zero attached hydrogens (tertiary/aromatic N) is 1. The van der Waals surface area contributed by atoms with Crippen LogP contribution in [0.5, 0.6) is 0 Å². The van der Waals surface area contributed by atoms with E-state index in [-0.39, 0.29) is 5.97 Å². The Hall–Kier alpha value is -0.830. The number of carbonyl (C=O) groups is 1. The van der Waals surface area contributed by atoms with E-state index in [0.29, 0.717) is 18.3 Å². The van der Waals surface area contributed by atoms with E-state index in [0.717, 1.165) is 32.2 Å². The van der Waals surface area contributed by atoms with E-state index in [2.05, 4.69) is 32.3 Å². The molecule has 0 spiro atoms. The Kier molecular flexibility index (Phi) is 8.78. The lowest BCUT2D eigenvalue weighted by Crippen LogP contribution is -2.38. The quantitative estimate of drug-likeness (QED) is 0.352. The van der Waals surface area contributed by atoms with Crippen LogP contribution in [0.4, 0.5) is 0 Å². The molecule has 0 aliphatic heterocycles. The molecule has 17 heavy (non-hydrogen) atoms. The highest BCUT2D eigenvalue weighted by molar-refractivity contribution is 5.86. The van der Waals surface area contributed by atoms with Gasteiger partial charge in [0, 0.05) is 18.2 Å². The van der Waals surface area contributed by atoms with Crippen LogP contribution in [-0.2, 0) is 9.53 Å². The Labute approximate surface area is 106 Å². The minimum atomic E-state index is -0.294. The summed E-state index contributed by atoms with van der Waals surface area (Å²) in [6, 6.07) is 0.512. The van der Waals surface area contributed by atoms with Crippen molar-refractivity contribution >= 4 is 5.97 Å². The van der Waals surface area contributed by atoms with Gasteiger partial charge >= 0.3 is 5.97 Å². The molecule has 0 N–H and O–H groups in total. The van der Waals surface area contributed by atoms with Gasteiger partial charge in [-0.2, -0.15) is 0 Å². The van der Waals surface area contributed by atoms with E-state index in [1.54, 1.807) is 6.92 Å². The average molecular weight is 241 g/mol. The first-order valence-corrected chi connectivity index (χ1v) is 6.63. The van der Waals surface area contributed by atoms with E-state index >= 15 is 0 Å². The molecule has 0 aromatic carbocycles. The predicted molar refractivity (Wildman–Crippen MR) is 71.8 cm³/mol. The summed E-state index contributed by atoms with van der Waals surface area (Å²) in [5, 5.41) is 0. The van der Waals surface area contributed by atoms with Crippen LogP contribution < -0.4 is 0 Å². The topological polar surface area (TPSA) is 29.5 Å². The van der Waals surface area contributed by atoms with E-state index in [1.807, 2.05) is 0 Å². The molecular weight excluding hydrogens is 214 g/mol. The standard InChI is InChI=1S/C14H27NO2/c1-6-9-13(8-3)15(10-7-2)11-17-14(16)12(4)5/h13H,4,6-11H2,1-3,5H3. The van der Waals surface area contributed by atoms with Gasteiger partial charge in [-0.15, -0.1) is 0 Å². The largest absolute Gasteiger partial charge is 0.446 e. The smallest absolute Gasteiger partial charge is 0.334 e. The first-order valence-electron chi connectivity index (χ1n) is 6.63. The van der Waals surface area contributed by atoms with Gasteiger partial charge in [0.05, 0.1) is 0 Å². The van der Waals surface area contributed by atoms with Crippen molar-refractivity contribution in [2.75, 3.05) is 13.3 Å². The summed E-state index contributed by atoms with van der Waals surface area (Å²) in [6.45, 7) is 13.1. The van der Waals surface area contributed by atoms with Crippen molar-refractivity contribution in [3.8, 4) is 0 Å². The number of ether oxygens (including phenoxy) is 1. The molecule has 0 aliphatic carbocycles. The van der Waals surface area contributed by atoms with Gasteiger partial charge in [0.15, 0.2) is 0 Å². The normalized spacial score (nSPS) is 12.5. The van der Waals surface area contributed by atoms with Crippen LogP contribution in [0.2, 0.25) is 0 Å². The lowest BCUT2D eigenvalue weighted by molar-refractivity contribution is -0.145. The lowest BCUT2D eigenvalue weighted by Gasteiger charge is -2.30. The molecule has 0 bridgehead atoms. The summed E-state index contributed by atoms with van der Waals surface area (Å²) in [6.07, 6.45) is 4.48. The molecule has 0 saturated carbocycles. The van der Waals surface area contributed by atoms with Crippen molar-refractivity contribution in [3.63, 3.8) is 0 Å². The maximum absolute atomic E-state index is 11.4. The summed E-state index contributed by atoms with van der Waals surface area (Å²) in [4.78, 5) is 13.6. The zero-order chi connectivity index (χ0) is 13.3. The molecule has 0 aliphatic rings. The first kappa shape index (κ1) is 16.2. The molecule has 0 aromatic heterocycles. The maximum Gasteiger partial charge on any atom is 0.334 e. The summed E-state index contributed by atoms with van der Waals surface area (Å²) >= 11 is 0. The van der Waals surface area contributed by atoms with Gasteiger partial charge in [-0.25, -0.2) is 4.79 Å². The molecule has 0 rings (SSSR count). The molecule has 100 valence electrons. The number of rotatable bonds is 9. The Morgan fingerprint density at radius 1 is 1.29 bits per heavy atom. The highest BCUT2D eigenvalue weighted by Gasteiger charge is 2.16. The second kappa shape index (κ2) is 9.23. The van der Waals surface area contributed by atoms with E-state index < -0.39 is 0 Å². The van der Waals surface area contributed by atoms with Gasteiger partial charge in [-0.3, -0.25) is 4.90 Å². The van der Waals surface area contributed by atoms with Crippen LogP contribution in [-0.4, -0.2) is 30.2 Å². The molecule has 0 radical (unpaired) electrons. The Bertz CT molecular complexity index is 238. The first-order chi connectivity index (χ1) is 8.06. The molecule has 3 heteroatoms. The van der Waals surface area contributed by atoms with Crippen LogP contribution in [0, 0.1) is 0 Å². The van der Waals surface area contributed by atoms with Crippen molar-refractivity contribution in [3.05, 3.63) is 12.2 Å². The molecule has 0 saturated heterocycles. The van der Waals surface area contributed by atoms with Crippen molar-refractivity contribution in [1.82, 2.24) is 4.90 Å². The Morgan fingerprint density at radius 3 is 2.35 bits per heavy atom. The Balaban J connectivity index is 4.30. The third-order valence-corrected chi connectivity index (χ3v) is 2.83. The number of hydrogen-bond donors (Lipinski definition) is 0. The second-order valence-corrected chi connectivity index (χ2v) is 4.50. The van der Waals surface area contributed by atoms with Crippen LogP contribution in [0.25, 0.3) is 0 Å². The molecular formula is C14H27NO2. The molecule has 0 heterocycles. The second-order valence-electron chi connectivity index (χ2n) is 4.50. The number of hydrogen-bond acceptors (Lipinski definition) is 3. The van der Waals surface area contributed by atoms with Crippen molar-refractivity contribution in [1.29, 1.82) is 0 Å². The van der Waals surface area contributed by atoms with Gasteiger partial charge in [0.25, 0.3) is 0 Å². The van der Waals surface area contributed by atoms with Gasteiger partial charge < -0.3 is 4.74 Å². The monoisotopic (exact) mass is 241 g/mol. The summed E-state index contributed by atoms with van der Waals surface area (Å²) in [5.74, 6) is -0.294.